The molecule has 0 bridgehead atoms. The highest BCUT2D eigenvalue weighted by Crippen LogP contribution is 2.24. The summed E-state index contributed by atoms with van der Waals surface area (Å²) in [4.78, 5) is 37.7. The lowest BCUT2D eigenvalue weighted by molar-refractivity contribution is -0.138. The first-order chi connectivity index (χ1) is 14.1. The van der Waals surface area contributed by atoms with E-state index in [1.165, 1.54) is 0 Å². The quantitative estimate of drug-likeness (QED) is 0.492. The minimum Gasteiger partial charge on any atom is -0.465 e. The SMILES string of the molecule is [2H]C([2H])([2H])S(=O)(=NC1=C(C(=O)OC)C(=O)C(Nc2ccc(C)cc2)=CC1=O)C([2H])([2H])[2H]. The summed E-state index contributed by atoms with van der Waals surface area (Å²) < 4.78 is 64.5. The largest absolute Gasteiger partial charge is 0.465 e. The molecule has 132 valence electrons. The molecule has 0 saturated heterocycles. The number of nitrogens with one attached hydrogen (secondary N) is 1. The first kappa shape index (κ1) is 11.8. The van der Waals surface area contributed by atoms with E-state index in [0.717, 1.165) is 12.7 Å². The molecule has 0 amide bonds. The minimum atomic E-state index is -5.10. The van der Waals surface area contributed by atoms with Crippen LogP contribution in [0.25, 0.3) is 0 Å². The number of carbonyl (C=O) groups is 3. The molecular formula is C17H18N2O5S. The van der Waals surface area contributed by atoms with Gasteiger partial charge in [-0.15, -0.1) is 0 Å². The van der Waals surface area contributed by atoms with Crippen LogP contribution in [0.4, 0.5) is 5.69 Å². The summed E-state index contributed by atoms with van der Waals surface area (Å²) in [5.74, 6) is -3.66. The Hall–Kier alpha value is -2.74. The van der Waals surface area contributed by atoms with Crippen LogP contribution in [0.3, 0.4) is 0 Å². The van der Waals surface area contributed by atoms with Crippen LogP contribution in [0, 0.1) is 6.92 Å². The average Bonchev–Trinajstić information content (AvgIpc) is 2.65. The third-order valence-corrected chi connectivity index (χ3v) is 3.60. The molecule has 1 aromatic carbocycles. The van der Waals surface area contributed by atoms with Gasteiger partial charge in [0.15, 0.2) is 0 Å². The van der Waals surface area contributed by atoms with E-state index in [4.69, 9.17) is 8.22 Å². The average molecular weight is 368 g/mol. The maximum atomic E-state index is 12.9. The second-order valence-electron chi connectivity index (χ2n) is 5.07. The molecule has 25 heavy (non-hydrogen) atoms. The summed E-state index contributed by atoms with van der Waals surface area (Å²) in [7, 11) is -4.21. The summed E-state index contributed by atoms with van der Waals surface area (Å²) in [6, 6.07) is 6.64. The molecule has 8 heteroatoms. The molecule has 0 atom stereocenters. The molecule has 0 aromatic heterocycles. The number of rotatable bonds is 4. The van der Waals surface area contributed by atoms with E-state index in [1.54, 1.807) is 24.3 Å². The van der Waals surface area contributed by atoms with Gasteiger partial charge in [-0.25, -0.2) is 9.00 Å². The Morgan fingerprint density at radius 1 is 1.24 bits per heavy atom. The zero-order valence-electron chi connectivity index (χ0n) is 19.3. The zero-order valence-corrected chi connectivity index (χ0v) is 14.1. The molecule has 0 spiro atoms. The van der Waals surface area contributed by atoms with Crippen LogP contribution in [-0.2, 0) is 28.8 Å². The van der Waals surface area contributed by atoms with Crippen molar-refractivity contribution in [1.29, 1.82) is 0 Å². The molecule has 0 unspecified atom stereocenters. The summed E-state index contributed by atoms with van der Waals surface area (Å²) in [5.41, 5.74) is -1.21. The van der Waals surface area contributed by atoms with Crippen LogP contribution in [0.1, 0.15) is 13.8 Å². The molecule has 0 aliphatic heterocycles. The van der Waals surface area contributed by atoms with Gasteiger partial charge in [0.2, 0.25) is 11.6 Å². The van der Waals surface area contributed by atoms with Crippen LogP contribution in [0.2, 0.25) is 0 Å². The van der Waals surface area contributed by atoms with Crippen molar-refractivity contribution >= 4 is 33.0 Å². The van der Waals surface area contributed by atoms with E-state index in [2.05, 4.69) is 14.4 Å². The smallest absolute Gasteiger partial charge is 0.344 e. The Bertz CT molecular complexity index is 1100. The molecule has 2 rings (SSSR count). The Labute approximate surface area is 154 Å². The number of ketones is 2. The van der Waals surface area contributed by atoms with Gasteiger partial charge in [-0.2, -0.15) is 4.36 Å². The van der Waals surface area contributed by atoms with Gasteiger partial charge in [0.25, 0.3) is 0 Å². The van der Waals surface area contributed by atoms with Crippen molar-refractivity contribution in [3.05, 3.63) is 52.9 Å². The summed E-state index contributed by atoms with van der Waals surface area (Å²) in [6.07, 6.45) is -6.56. The third kappa shape index (κ3) is 4.42. The van der Waals surface area contributed by atoms with Gasteiger partial charge in [-0.05, 0) is 19.1 Å². The number of allylic oxidation sites excluding steroid dienone is 2. The predicted octanol–water partition coefficient (Wildman–Crippen LogP) is 1.60. The van der Waals surface area contributed by atoms with E-state index in [9.17, 15) is 18.6 Å². The number of aryl methyl sites for hydroxylation is 1. The van der Waals surface area contributed by atoms with Gasteiger partial charge in [-0.3, -0.25) is 9.59 Å². The Balaban J connectivity index is 2.70. The predicted molar refractivity (Wildman–Crippen MR) is 94.4 cm³/mol. The number of hydrogen-bond acceptors (Lipinski definition) is 7. The van der Waals surface area contributed by atoms with E-state index in [1.807, 2.05) is 6.92 Å². The molecule has 0 fully saturated rings. The van der Waals surface area contributed by atoms with Crippen molar-refractivity contribution in [1.82, 2.24) is 0 Å². The van der Waals surface area contributed by atoms with Crippen molar-refractivity contribution in [3.63, 3.8) is 0 Å². The van der Waals surface area contributed by atoms with Gasteiger partial charge in [0.1, 0.15) is 11.3 Å². The second kappa shape index (κ2) is 7.02. The molecule has 7 nitrogen and oxygen atoms in total. The van der Waals surface area contributed by atoms with Crippen molar-refractivity contribution < 1.29 is 31.6 Å². The normalized spacial score (nSPS) is 19.5. The number of carbonyl (C=O) groups excluding carboxylic acids is 3. The van der Waals surface area contributed by atoms with Crippen LogP contribution in [0.15, 0.2) is 51.7 Å². The van der Waals surface area contributed by atoms with E-state index < -0.39 is 50.9 Å². The van der Waals surface area contributed by atoms with Crippen molar-refractivity contribution in [2.45, 2.75) is 6.92 Å². The Morgan fingerprint density at radius 3 is 2.44 bits per heavy atom. The fourth-order valence-electron chi connectivity index (χ4n) is 2.03. The number of hydrogen-bond donors (Lipinski definition) is 1. The topological polar surface area (TPSA) is 102 Å². The maximum absolute atomic E-state index is 12.9. The van der Waals surface area contributed by atoms with E-state index in [-0.39, 0.29) is 5.70 Å². The second-order valence-corrected chi connectivity index (χ2v) is 6.31. The fraction of sp³-hybridized carbons (Fsp3) is 0.235. The van der Waals surface area contributed by atoms with Crippen LogP contribution in [0.5, 0.6) is 0 Å². The third-order valence-electron chi connectivity index (χ3n) is 3.16. The van der Waals surface area contributed by atoms with Crippen molar-refractivity contribution in [3.8, 4) is 0 Å². The number of Topliss-reactive ketones (excluding diaryl/α,β-unsaturated/α-hetero) is 1. The molecular weight excluding hydrogens is 344 g/mol. The molecule has 0 heterocycles. The summed E-state index contributed by atoms with van der Waals surface area (Å²) in [6.45, 7) is 1.83. The zero-order chi connectivity index (χ0) is 23.8. The summed E-state index contributed by atoms with van der Waals surface area (Å²) in [5, 5.41) is 2.65. The standard InChI is InChI=1S/C17H18N2O5S/c1-10-5-7-11(8-6-10)18-12-9-13(20)15(19-25(3,4)23)14(16(12)21)17(22)24-2/h5-9,18H,1-4H3/i3D3,4D3. The summed E-state index contributed by atoms with van der Waals surface area (Å²) >= 11 is 0. The van der Waals surface area contributed by atoms with E-state index >= 15 is 0 Å². The van der Waals surface area contributed by atoms with Crippen LogP contribution >= 0.6 is 0 Å². The molecule has 0 saturated carbocycles. The Kier molecular flexibility index (Phi) is 3.30. The highest BCUT2D eigenvalue weighted by Gasteiger charge is 2.34. The van der Waals surface area contributed by atoms with Gasteiger partial charge < -0.3 is 10.1 Å². The van der Waals surface area contributed by atoms with Gasteiger partial charge in [0.05, 0.1) is 12.8 Å². The van der Waals surface area contributed by atoms with Crippen molar-refractivity contribution in [2.24, 2.45) is 4.36 Å². The first-order valence-corrected chi connectivity index (χ1v) is 8.37. The lowest BCUT2D eigenvalue weighted by atomic mass is 9.97. The van der Waals surface area contributed by atoms with Gasteiger partial charge >= 0.3 is 5.97 Å². The van der Waals surface area contributed by atoms with Gasteiger partial charge in [-0.1, -0.05) is 17.7 Å². The lowest BCUT2D eigenvalue weighted by Gasteiger charge is -2.17. The molecule has 1 aliphatic carbocycles. The van der Waals surface area contributed by atoms with E-state index in [0.29, 0.717) is 11.8 Å². The highest BCUT2D eigenvalue weighted by atomic mass is 32.2. The van der Waals surface area contributed by atoms with Crippen LogP contribution < -0.4 is 5.32 Å². The van der Waals surface area contributed by atoms with Crippen molar-refractivity contribution in [2.75, 3.05) is 24.8 Å². The number of esters is 1. The number of ether oxygens (including phenoxy) is 1. The first-order valence-electron chi connectivity index (χ1n) is 9.85. The molecule has 1 aromatic rings. The maximum Gasteiger partial charge on any atom is 0.344 e. The molecule has 0 radical (unpaired) electrons. The molecule has 1 aliphatic rings. The Morgan fingerprint density at radius 2 is 1.88 bits per heavy atom. The van der Waals surface area contributed by atoms with Crippen LogP contribution in [-0.4, -0.2) is 41.2 Å². The van der Waals surface area contributed by atoms with Gasteiger partial charge in [0, 0.05) is 42.1 Å². The minimum absolute atomic E-state index is 0.359. The highest BCUT2D eigenvalue weighted by molar-refractivity contribution is 7.92. The number of nitrogens with zero attached hydrogens (tertiary/aromatic N) is 1. The number of anilines is 1. The lowest BCUT2D eigenvalue weighted by Crippen LogP contribution is -2.28. The number of benzene rings is 1. The fourth-order valence-corrected chi connectivity index (χ4v) is 2.46. The number of methoxy groups -OCH3 is 1. The molecule has 1 N–H and O–H groups in total. The monoisotopic (exact) mass is 368 g/mol.